The zero-order valence-electron chi connectivity index (χ0n) is 12.1. The SMILES string of the molecule is CCc1cc(CN(C)C(CO)CCO)ccc1OC. The normalized spacial score (nSPS) is 12.7. The van der Waals surface area contributed by atoms with E-state index in [1.165, 1.54) is 11.1 Å². The molecule has 2 N–H and O–H groups in total. The largest absolute Gasteiger partial charge is 0.496 e. The van der Waals surface area contributed by atoms with Gasteiger partial charge in [0.2, 0.25) is 0 Å². The number of hydrogen-bond donors (Lipinski definition) is 2. The molecule has 0 aromatic heterocycles. The van der Waals surface area contributed by atoms with Crippen LogP contribution in [-0.4, -0.2) is 48.5 Å². The minimum absolute atomic E-state index is 0.00261. The van der Waals surface area contributed by atoms with E-state index in [0.717, 1.165) is 18.7 Å². The maximum atomic E-state index is 9.32. The maximum Gasteiger partial charge on any atom is 0.122 e. The van der Waals surface area contributed by atoms with Crippen LogP contribution in [0.4, 0.5) is 0 Å². The molecular formula is C15H25NO3. The molecule has 108 valence electrons. The van der Waals surface area contributed by atoms with Crippen LogP contribution < -0.4 is 4.74 Å². The van der Waals surface area contributed by atoms with E-state index in [2.05, 4.69) is 17.9 Å². The number of hydrogen-bond acceptors (Lipinski definition) is 4. The van der Waals surface area contributed by atoms with E-state index < -0.39 is 0 Å². The number of ether oxygens (including phenoxy) is 1. The average molecular weight is 267 g/mol. The van der Waals surface area contributed by atoms with Gasteiger partial charge in [-0.1, -0.05) is 19.1 Å². The van der Waals surface area contributed by atoms with E-state index in [-0.39, 0.29) is 19.3 Å². The van der Waals surface area contributed by atoms with E-state index >= 15 is 0 Å². The first-order valence-electron chi connectivity index (χ1n) is 6.74. The topological polar surface area (TPSA) is 52.9 Å². The van der Waals surface area contributed by atoms with E-state index in [9.17, 15) is 5.11 Å². The molecule has 0 amide bonds. The van der Waals surface area contributed by atoms with Crippen molar-refractivity contribution >= 4 is 0 Å². The molecule has 1 unspecified atom stereocenters. The van der Waals surface area contributed by atoms with E-state index in [1.54, 1.807) is 7.11 Å². The zero-order valence-corrected chi connectivity index (χ0v) is 12.1. The highest BCUT2D eigenvalue weighted by Crippen LogP contribution is 2.21. The molecule has 0 saturated carbocycles. The molecule has 0 spiro atoms. The van der Waals surface area contributed by atoms with Crippen LogP contribution in [0.5, 0.6) is 5.75 Å². The fourth-order valence-corrected chi connectivity index (χ4v) is 2.22. The van der Waals surface area contributed by atoms with Crippen molar-refractivity contribution in [3.63, 3.8) is 0 Å². The lowest BCUT2D eigenvalue weighted by atomic mass is 10.1. The van der Waals surface area contributed by atoms with Crippen LogP contribution in [0, 0.1) is 0 Å². The summed E-state index contributed by atoms with van der Waals surface area (Å²) in [6, 6.07) is 6.17. The van der Waals surface area contributed by atoms with Crippen LogP contribution in [0.1, 0.15) is 24.5 Å². The Hall–Kier alpha value is -1.10. The molecule has 0 heterocycles. The zero-order chi connectivity index (χ0) is 14.3. The number of aliphatic hydroxyl groups excluding tert-OH is 2. The second kappa shape index (κ2) is 8.15. The molecule has 0 saturated heterocycles. The lowest BCUT2D eigenvalue weighted by Gasteiger charge is -2.26. The lowest BCUT2D eigenvalue weighted by molar-refractivity contribution is 0.115. The quantitative estimate of drug-likeness (QED) is 0.748. The average Bonchev–Trinajstić information content (AvgIpc) is 2.44. The third-order valence-corrected chi connectivity index (χ3v) is 3.45. The van der Waals surface area contributed by atoms with Gasteiger partial charge in [-0.25, -0.2) is 0 Å². The summed E-state index contributed by atoms with van der Waals surface area (Å²) >= 11 is 0. The Balaban J connectivity index is 2.75. The molecule has 0 radical (unpaired) electrons. The van der Waals surface area contributed by atoms with Gasteiger partial charge >= 0.3 is 0 Å². The second-order valence-corrected chi connectivity index (χ2v) is 4.76. The van der Waals surface area contributed by atoms with Crippen LogP contribution in [0.15, 0.2) is 18.2 Å². The van der Waals surface area contributed by atoms with Crippen molar-refractivity contribution < 1.29 is 14.9 Å². The first-order valence-corrected chi connectivity index (χ1v) is 6.74. The third-order valence-electron chi connectivity index (χ3n) is 3.45. The summed E-state index contributed by atoms with van der Waals surface area (Å²) in [7, 11) is 3.65. The van der Waals surface area contributed by atoms with Crippen molar-refractivity contribution in [1.82, 2.24) is 4.90 Å². The smallest absolute Gasteiger partial charge is 0.122 e. The number of benzene rings is 1. The van der Waals surface area contributed by atoms with Crippen LogP contribution in [-0.2, 0) is 13.0 Å². The minimum Gasteiger partial charge on any atom is -0.496 e. The number of nitrogens with zero attached hydrogens (tertiary/aromatic N) is 1. The van der Waals surface area contributed by atoms with Gasteiger partial charge in [0.1, 0.15) is 5.75 Å². The van der Waals surface area contributed by atoms with Crippen molar-refractivity contribution in [3.05, 3.63) is 29.3 Å². The molecule has 0 aliphatic rings. The molecular weight excluding hydrogens is 242 g/mol. The van der Waals surface area contributed by atoms with E-state index in [0.29, 0.717) is 6.42 Å². The highest BCUT2D eigenvalue weighted by atomic mass is 16.5. The van der Waals surface area contributed by atoms with Crippen molar-refractivity contribution in [3.8, 4) is 5.75 Å². The molecule has 0 bridgehead atoms. The summed E-state index contributed by atoms with van der Waals surface area (Å²) < 4.78 is 5.32. The van der Waals surface area contributed by atoms with Crippen molar-refractivity contribution in [2.24, 2.45) is 0 Å². The third kappa shape index (κ3) is 4.49. The molecule has 19 heavy (non-hydrogen) atoms. The van der Waals surface area contributed by atoms with E-state index in [1.807, 2.05) is 19.2 Å². The van der Waals surface area contributed by atoms with Crippen LogP contribution in [0.25, 0.3) is 0 Å². The molecule has 1 aromatic rings. The summed E-state index contributed by atoms with van der Waals surface area (Å²) in [6.07, 6.45) is 1.52. The Kier molecular flexibility index (Phi) is 6.84. The van der Waals surface area contributed by atoms with Gasteiger partial charge in [-0.2, -0.15) is 0 Å². The van der Waals surface area contributed by atoms with Gasteiger partial charge in [-0.05, 0) is 37.1 Å². The molecule has 1 rings (SSSR count). The summed E-state index contributed by atoms with van der Waals surface area (Å²) in [4.78, 5) is 2.07. The molecule has 0 fully saturated rings. The molecule has 4 heteroatoms. The van der Waals surface area contributed by atoms with Gasteiger partial charge in [0.05, 0.1) is 13.7 Å². The van der Waals surface area contributed by atoms with Crippen LogP contribution in [0.2, 0.25) is 0 Å². The number of likely N-dealkylation sites (N-methyl/N-ethyl adjacent to an activating group) is 1. The highest BCUT2D eigenvalue weighted by Gasteiger charge is 2.14. The van der Waals surface area contributed by atoms with Gasteiger partial charge in [0.15, 0.2) is 0 Å². The predicted octanol–water partition coefficient (Wildman–Crippen LogP) is 1.43. The van der Waals surface area contributed by atoms with Crippen molar-refractivity contribution in [1.29, 1.82) is 0 Å². The summed E-state index contributed by atoms with van der Waals surface area (Å²) in [5, 5.41) is 18.3. The summed E-state index contributed by atoms with van der Waals surface area (Å²) in [6.45, 7) is 3.02. The summed E-state index contributed by atoms with van der Waals surface area (Å²) in [5.74, 6) is 0.919. The lowest BCUT2D eigenvalue weighted by Crippen LogP contribution is -2.35. The monoisotopic (exact) mass is 267 g/mol. The number of aryl methyl sites for hydroxylation is 1. The number of methoxy groups -OCH3 is 1. The van der Waals surface area contributed by atoms with Gasteiger partial charge in [-0.15, -0.1) is 0 Å². The van der Waals surface area contributed by atoms with Gasteiger partial charge in [0.25, 0.3) is 0 Å². The standard InChI is InChI=1S/C15H25NO3/c1-4-13-9-12(5-6-15(13)19-3)10-16(2)14(11-18)7-8-17/h5-6,9,14,17-18H,4,7-8,10-11H2,1-3H3. The highest BCUT2D eigenvalue weighted by molar-refractivity contribution is 5.37. The Morgan fingerprint density at radius 2 is 2.05 bits per heavy atom. The number of aliphatic hydroxyl groups is 2. The first kappa shape index (κ1) is 16.0. The van der Waals surface area contributed by atoms with Crippen molar-refractivity contribution in [2.45, 2.75) is 32.4 Å². The minimum atomic E-state index is -0.00261. The molecule has 0 aliphatic carbocycles. The first-order chi connectivity index (χ1) is 9.15. The Labute approximate surface area is 115 Å². The summed E-state index contributed by atoms with van der Waals surface area (Å²) in [5.41, 5.74) is 2.38. The van der Waals surface area contributed by atoms with Crippen LogP contribution >= 0.6 is 0 Å². The fraction of sp³-hybridized carbons (Fsp3) is 0.600. The molecule has 4 nitrogen and oxygen atoms in total. The number of rotatable bonds is 8. The molecule has 0 aliphatic heterocycles. The Morgan fingerprint density at radius 3 is 2.58 bits per heavy atom. The van der Waals surface area contributed by atoms with Gasteiger partial charge in [0, 0.05) is 19.2 Å². The van der Waals surface area contributed by atoms with E-state index in [4.69, 9.17) is 9.84 Å². The predicted molar refractivity (Wildman–Crippen MR) is 76.4 cm³/mol. The maximum absolute atomic E-state index is 9.32. The van der Waals surface area contributed by atoms with Crippen molar-refractivity contribution in [2.75, 3.05) is 27.4 Å². The Bertz CT molecular complexity index is 382. The van der Waals surface area contributed by atoms with Crippen LogP contribution in [0.3, 0.4) is 0 Å². The van der Waals surface area contributed by atoms with Gasteiger partial charge in [-0.3, -0.25) is 4.90 Å². The Morgan fingerprint density at radius 1 is 1.32 bits per heavy atom. The fourth-order valence-electron chi connectivity index (χ4n) is 2.22. The molecule has 1 atom stereocenters. The second-order valence-electron chi connectivity index (χ2n) is 4.76. The molecule has 1 aromatic carbocycles. The van der Waals surface area contributed by atoms with Gasteiger partial charge < -0.3 is 14.9 Å².